The van der Waals surface area contributed by atoms with Crippen molar-refractivity contribution in [1.82, 2.24) is 25.4 Å². The lowest BCUT2D eigenvalue weighted by molar-refractivity contribution is -0.143. The molecule has 450 valence electrons. The molecule has 4 fully saturated rings. The third-order valence-corrected chi connectivity index (χ3v) is 20.2. The number of nitrogens with one attached hydrogen (secondary N) is 2. The molecule has 1 unspecified atom stereocenters. The van der Waals surface area contributed by atoms with E-state index in [0.717, 1.165) is 44.9 Å². The number of aliphatic hydroxyl groups is 2. The van der Waals surface area contributed by atoms with Gasteiger partial charge in [0.2, 0.25) is 17.7 Å². The second kappa shape index (κ2) is 28.3. The molecule has 1 aromatic carbocycles. The van der Waals surface area contributed by atoms with Crippen LogP contribution in [0.25, 0.3) is 10.2 Å². The number of ketones is 2. The fourth-order valence-electron chi connectivity index (χ4n) is 14.5. The van der Waals surface area contributed by atoms with Crippen molar-refractivity contribution in [3.05, 3.63) is 45.5 Å². The van der Waals surface area contributed by atoms with Gasteiger partial charge in [-0.2, -0.15) is 5.26 Å². The largest absolute Gasteiger partial charge is 0.480 e. The summed E-state index contributed by atoms with van der Waals surface area (Å²) in [6.45, 7) is 14.2. The van der Waals surface area contributed by atoms with Crippen LogP contribution in [-0.4, -0.2) is 149 Å². The van der Waals surface area contributed by atoms with Crippen molar-refractivity contribution in [2.45, 2.75) is 163 Å². The average molecular weight is 1160 g/mol. The average Bonchev–Trinajstić information content (AvgIpc) is 4.26. The summed E-state index contributed by atoms with van der Waals surface area (Å²) in [5, 5.41) is 47.2. The number of allylic oxidation sites excluding steroid dienone is 4. The molecule has 0 saturated heterocycles. The molecular formula is C62H88N6O13S. The second-order valence-electron chi connectivity index (χ2n) is 25.0. The summed E-state index contributed by atoms with van der Waals surface area (Å²) in [4.78, 5) is 98.4. The molecule has 5 aliphatic rings. The summed E-state index contributed by atoms with van der Waals surface area (Å²) in [6, 6.07) is 5.85. The standard InChI is InChI=1S/C62H88N6O13S/c1-36(43-16-17-45-44-15-13-40-31-41(69)20-22-62(40,7)46(44)33-49(70)55(43)45)12-19-52(72)65-48(59(76)77)11-9-10-23-64-51(71)21-27-79-29-30-80-28-26-68(60(78)81-42-14-18-47-50(32-42)82-53(35-63)66-47)25-24-67(8)54(73)34-61(5,6)56-39(4)57(74)37(2)38(3)58(56)75/h14,18,32,36,40-41,43-46,48-49,55,69-70H,9-13,15-17,19-31,33-34H2,1-8H3,(H,64,71)(H,65,72)(H,76,77)/t36-,40-,41-,43-,44+,45+,46+,48?,49+,55-,62+/m1/s1. The number of carboxylic acids is 1. The number of hydrogen-bond donors (Lipinski definition) is 5. The van der Waals surface area contributed by atoms with Gasteiger partial charge >= 0.3 is 12.1 Å². The molecule has 7 rings (SSSR count). The summed E-state index contributed by atoms with van der Waals surface area (Å²) < 4.78 is 17.8. The van der Waals surface area contributed by atoms with Crippen LogP contribution in [0.5, 0.6) is 5.75 Å². The van der Waals surface area contributed by atoms with Crippen LogP contribution in [0.3, 0.4) is 0 Å². The number of ether oxygens (including phenoxy) is 3. The highest BCUT2D eigenvalue weighted by molar-refractivity contribution is 7.19. The highest BCUT2D eigenvalue weighted by atomic mass is 32.1. The number of benzene rings is 1. The molecule has 0 aliphatic heterocycles. The Hall–Kier alpha value is -5.59. The van der Waals surface area contributed by atoms with Crippen LogP contribution >= 0.6 is 11.3 Å². The Bertz CT molecular complexity index is 2790. The maximum Gasteiger partial charge on any atom is 0.415 e. The number of carboxylic acid groups (broad SMARTS) is 1. The van der Waals surface area contributed by atoms with Crippen LogP contribution in [0.15, 0.2) is 40.5 Å². The topological polar surface area (TPSA) is 275 Å². The van der Waals surface area contributed by atoms with Crippen molar-refractivity contribution < 1.29 is 63.1 Å². The zero-order chi connectivity index (χ0) is 59.6. The lowest BCUT2D eigenvalue weighted by Gasteiger charge is -2.59. The monoisotopic (exact) mass is 1160 g/mol. The van der Waals surface area contributed by atoms with Gasteiger partial charge in [0.15, 0.2) is 16.6 Å². The quantitative estimate of drug-likeness (QED) is 0.0419. The first-order valence-corrected chi connectivity index (χ1v) is 30.6. The Labute approximate surface area is 487 Å². The molecule has 5 N–H and O–H groups in total. The van der Waals surface area contributed by atoms with Crippen molar-refractivity contribution in [3.8, 4) is 11.8 Å². The van der Waals surface area contributed by atoms with Crippen LogP contribution in [0.2, 0.25) is 0 Å². The summed E-state index contributed by atoms with van der Waals surface area (Å²) in [5.41, 5.74) is 1.25. The first-order chi connectivity index (χ1) is 38.9. The third-order valence-electron chi connectivity index (χ3n) is 19.3. The molecule has 1 heterocycles. The Kier molecular flexibility index (Phi) is 22.1. The molecule has 0 bridgehead atoms. The number of carbonyl (C=O) groups excluding carboxylic acids is 6. The molecule has 0 spiro atoms. The van der Waals surface area contributed by atoms with E-state index in [-0.39, 0.29) is 141 Å². The molecule has 4 saturated carbocycles. The predicted molar refractivity (Wildman–Crippen MR) is 308 cm³/mol. The number of Topliss-reactive ketones (excluding diaryl/α,β-unsaturated/α-hetero) is 2. The van der Waals surface area contributed by atoms with Crippen molar-refractivity contribution in [2.75, 3.05) is 59.7 Å². The van der Waals surface area contributed by atoms with Crippen LogP contribution in [-0.2, 0) is 38.2 Å². The number of thiazole rings is 1. The van der Waals surface area contributed by atoms with Crippen LogP contribution in [0.1, 0.15) is 150 Å². The number of carbonyl (C=O) groups is 7. The van der Waals surface area contributed by atoms with Gasteiger partial charge in [0.05, 0.1) is 48.9 Å². The number of amides is 4. The van der Waals surface area contributed by atoms with E-state index < -0.39 is 23.5 Å². The number of aliphatic hydroxyl groups excluding tert-OH is 2. The van der Waals surface area contributed by atoms with Crippen molar-refractivity contribution in [3.63, 3.8) is 0 Å². The summed E-state index contributed by atoms with van der Waals surface area (Å²) >= 11 is 1.17. The van der Waals surface area contributed by atoms with Gasteiger partial charge in [0.1, 0.15) is 17.9 Å². The number of likely N-dealkylation sites (N-methyl/N-ethyl adjacent to an activating group) is 1. The van der Waals surface area contributed by atoms with Crippen LogP contribution in [0.4, 0.5) is 4.79 Å². The van der Waals surface area contributed by atoms with E-state index in [0.29, 0.717) is 87.9 Å². The number of nitrogens with zero attached hydrogens (tertiary/aromatic N) is 4. The van der Waals surface area contributed by atoms with Crippen molar-refractivity contribution >= 4 is 62.9 Å². The smallest absolute Gasteiger partial charge is 0.415 e. The first-order valence-electron chi connectivity index (χ1n) is 29.7. The Morgan fingerprint density at radius 2 is 1.60 bits per heavy atom. The number of rotatable bonds is 27. The van der Waals surface area contributed by atoms with E-state index in [9.17, 15) is 54.1 Å². The van der Waals surface area contributed by atoms with Gasteiger partial charge in [-0.05, 0) is 157 Å². The van der Waals surface area contributed by atoms with Gasteiger partial charge in [-0.25, -0.2) is 14.6 Å². The molecule has 1 aromatic heterocycles. The van der Waals surface area contributed by atoms with Crippen molar-refractivity contribution in [1.29, 1.82) is 5.26 Å². The maximum absolute atomic E-state index is 13.6. The fourth-order valence-corrected chi connectivity index (χ4v) is 15.3. The van der Waals surface area contributed by atoms with Gasteiger partial charge in [-0.3, -0.25) is 24.0 Å². The second-order valence-corrected chi connectivity index (χ2v) is 26.0. The molecule has 0 radical (unpaired) electrons. The minimum atomic E-state index is -1.10. The zero-order valence-electron chi connectivity index (χ0n) is 49.4. The number of hydrogen-bond acceptors (Lipinski definition) is 15. The summed E-state index contributed by atoms with van der Waals surface area (Å²) in [7, 11) is 1.60. The molecule has 82 heavy (non-hydrogen) atoms. The molecule has 11 atom stereocenters. The minimum absolute atomic E-state index is 0.0560. The Morgan fingerprint density at radius 3 is 2.33 bits per heavy atom. The first kappa shape index (κ1) is 64.0. The maximum atomic E-state index is 13.6. The number of fused-ring (bicyclic) bond motifs is 6. The summed E-state index contributed by atoms with van der Waals surface area (Å²) in [6.07, 6.45) is 8.95. The summed E-state index contributed by atoms with van der Waals surface area (Å²) in [5.74, 6) is 0.787. The van der Waals surface area contributed by atoms with Gasteiger partial charge < -0.3 is 50.0 Å². The van der Waals surface area contributed by atoms with E-state index >= 15 is 0 Å². The van der Waals surface area contributed by atoms with E-state index in [4.69, 9.17) is 14.2 Å². The van der Waals surface area contributed by atoms with Gasteiger partial charge in [0.25, 0.3) is 0 Å². The van der Waals surface area contributed by atoms with Gasteiger partial charge in [-0.1, -0.05) is 27.7 Å². The third kappa shape index (κ3) is 15.4. The van der Waals surface area contributed by atoms with Crippen LogP contribution < -0.4 is 15.4 Å². The van der Waals surface area contributed by atoms with Gasteiger partial charge in [-0.15, -0.1) is 11.3 Å². The van der Waals surface area contributed by atoms with E-state index in [1.54, 1.807) is 59.9 Å². The van der Waals surface area contributed by atoms with Gasteiger partial charge in [0, 0.05) is 86.3 Å². The number of aliphatic carboxylic acids is 1. The van der Waals surface area contributed by atoms with E-state index in [2.05, 4.69) is 29.5 Å². The molecule has 2 aromatic rings. The predicted octanol–water partition coefficient (Wildman–Crippen LogP) is 7.94. The highest BCUT2D eigenvalue weighted by Crippen LogP contribution is 2.64. The number of unbranched alkanes of at least 4 members (excludes halogenated alkanes) is 1. The molecule has 20 heteroatoms. The molecule has 5 aliphatic carbocycles. The number of nitriles is 1. The van der Waals surface area contributed by atoms with Crippen molar-refractivity contribution in [2.24, 2.45) is 52.3 Å². The Balaban J connectivity index is 0.772. The highest BCUT2D eigenvalue weighted by Gasteiger charge is 2.59. The minimum Gasteiger partial charge on any atom is -0.480 e. The lowest BCUT2D eigenvalue weighted by Crippen LogP contribution is -2.55. The molecule has 4 amide bonds. The molecular weight excluding hydrogens is 1070 g/mol. The Morgan fingerprint density at radius 1 is 0.878 bits per heavy atom. The number of aromatic nitrogens is 1. The normalized spacial score (nSPS) is 26.1. The lowest BCUT2D eigenvalue weighted by atomic mass is 9.46. The zero-order valence-corrected chi connectivity index (χ0v) is 50.2. The van der Waals surface area contributed by atoms with E-state index in [1.807, 2.05) is 6.07 Å². The van der Waals surface area contributed by atoms with Crippen LogP contribution in [0, 0.1) is 63.6 Å². The molecule has 19 nitrogen and oxygen atoms in total. The fraction of sp³-hybridized carbons (Fsp3) is 0.694. The SMILES string of the molecule is CC1=C(C)C(=O)C(C(C)(C)CC(=O)N(C)CCN(CCOCCOCCC(=O)NCCCCC(NC(=O)CC[C@@H](C)[C@H]2CC[C@H]3[C@@H]4CC[C@@H]5C[C@H](O)CC[C@]5(C)[C@H]4C[C@H](O)[C@@H]32)C(=O)O)C(=O)Oc2ccc3nc(C#N)sc3c2)=C(C)C1=O. The van der Waals surface area contributed by atoms with E-state index in [1.165, 1.54) is 27.6 Å².